The lowest BCUT2D eigenvalue weighted by atomic mass is 9.74. The van der Waals surface area contributed by atoms with Crippen LogP contribution in [-0.2, 0) is 76.1 Å². The van der Waals surface area contributed by atoms with Crippen LogP contribution in [0.1, 0.15) is 116 Å². The number of Topliss-reactive ketones (excluding diaryl/α,β-unsaturated/α-hetero) is 1. The van der Waals surface area contributed by atoms with Gasteiger partial charge in [-0.15, -0.1) is 0 Å². The number of ketones is 1. The van der Waals surface area contributed by atoms with E-state index < -0.39 is 145 Å². The number of carbonyl (C=O) groups is 4. The Morgan fingerprint density at radius 2 is 1.47 bits per heavy atom. The van der Waals surface area contributed by atoms with Gasteiger partial charge in [-0.1, -0.05) is 53.6 Å². The molecule has 1 unspecified atom stereocenters. The summed E-state index contributed by atoms with van der Waals surface area (Å²) in [5.74, 6) is -7.38. The minimum atomic E-state index is -1.96. The summed E-state index contributed by atoms with van der Waals surface area (Å²) >= 11 is 0. The summed E-state index contributed by atoms with van der Waals surface area (Å²) in [4.78, 5) is 65.1. The molecule has 0 saturated carbocycles. The van der Waals surface area contributed by atoms with E-state index >= 15 is 9.59 Å². The van der Waals surface area contributed by atoms with Crippen LogP contribution >= 0.6 is 0 Å². The molecule has 73 heavy (non-hydrogen) atoms. The molecule has 0 spiro atoms. The summed E-state index contributed by atoms with van der Waals surface area (Å²) in [6.07, 6.45) is -13.7. The Kier molecular flexibility index (Phi) is 23.8. The number of carbonyl (C=O) groups excluding carboxylic acids is 4. The first-order valence-corrected chi connectivity index (χ1v) is 26.0. The van der Waals surface area contributed by atoms with Crippen LogP contribution in [0.2, 0.25) is 0 Å². The second-order valence-electron chi connectivity index (χ2n) is 21.8. The first-order chi connectivity index (χ1) is 34.2. The highest BCUT2D eigenvalue weighted by Gasteiger charge is 2.53. The zero-order valence-corrected chi connectivity index (χ0v) is 46.7. The van der Waals surface area contributed by atoms with Crippen molar-refractivity contribution >= 4 is 29.6 Å². The topological polar surface area (TPSA) is 244 Å². The van der Waals surface area contributed by atoms with E-state index in [1.807, 2.05) is 34.7 Å². The molecular weight excluding hydrogens is 957 g/mol. The minimum Gasteiger partial charge on any atom is -0.461 e. The van der Waals surface area contributed by atoms with Crippen LogP contribution in [0.4, 0.5) is 4.79 Å². The summed E-state index contributed by atoms with van der Waals surface area (Å²) in [6, 6.07) is 0.0182. The van der Waals surface area contributed by atoms with Gasteiger partial charge in [-0.05, 0) is 66.8 Å². The van der Waals surface area contributed by atoms with Gasteiger partial charge in [0.25, 0.3) is 0 Å². The van der Waals surface area contributed by atoms with Crippen molar-refractivity contribution in [1.82, 2.24) is 4.90 Å². The maximum absolute atomic E-state index is 15.4. The van der Waals surface area contributed by atoms with Crippen LogP contribution in [0.3, 0.4) is 0 Å². The van der Waals surface area contributed by atoms with Crippen LogP contribution < -0.4 is 0 Å². The molecule has 22 atom stereocenters. The zero-order valence-electron chi connectivity index (χ0n) is 46.7. The largest absolute Gasteiger partial charge is 0.508 e. The normalized spacial score (nSPS) is 41.8. The Morgan fingerprint density at radius 1 is 0.808 bits per heavy atom. The summed E-state index contributed by atoms with van der Waals surface area (Å²) < 4.78 is 74.4. The second-order valence-corrected chi connectivity index (χ2v) is 21.8. The molecule has 0 radical (unpaired) electrons. The summed E-state index contributed by atoms with van der Waals surface area (Å²) in [6.45, 7) is 23.6. The monoisotopic (exact) mass is 1050 g/mol. The van der Waals surface area contributed by atoms with E-state index in [4.69, 9.17) is 61.7 Å². The van der Waals surface area contributed by atoms with Crippen molar-refractivity contribution in [3.63, 3.8) is 0 Å². The molecule has 4 aliphatic heterocycles. The molecule has 0 aromatic rings. The quantitative estimate of drug-likeness (QED) is 0.124. The number of hydrogen-bond acceptors (Lipinski definition) is 21. The molecule has 2 N–H and O–H groups in total. The van der Waals surface area contributed by atoms with Crippen LogP contribution in [0.5, 0.6) is 0 Å². The Bertz CT molecular complexity index is 1810. The minimum absolute atomic E-state index is 0.00999. The van der Waals surface area contributed by atoms with Crippen molar-refractivity contribution in [1.29, 1.82) is 0 Å². The van der Waals surface area contributed by atoms with Gasteiger partial charge in [0, 0.05) is 63.8 Å². The smallest absolute Gasteiger partial charge is 0.461 e. The first-order valence-electron chi connectivity index (χ1n) is 26.0. The average molecular weight is 1050 g/mol. The maximum atomic E-state index is 15.4. The van der Waals surface area contributed by atoms with E-state index in [2.05, 4.69) is 17.0 Å². The predicted octanol–water partition coefficient (Wildman–Crippen LogP) is 5.06. The van der Waals surface area contributed by atoms with Crippen molar-refractivity contribution in [2.75, 3.05) is 48.6 Å². The van der Waals surface area contributed by atoms with Gasteiger partial charge in [-0.2, -0.15) is 0 Å². The van der Waals surface area contributed by atoms with Crippen molar-refractivity contribution in [2.45, 2.75) is 213 Å². The molecule has 4 aliphatic rings. The molecule has 0 aliphatic carbocycles. The van der Waals surface area contributed by atoms with Gasteiger partial charge in [0.1, 0.15) is 43.7 Å². The van der Waals surface area contributed by atoms with Gasteiger partial charge in [-0.3, -0.25) is 14.4 Å². The number of esters is 2. The predicted molar refractivity (Wildman–Crippen MR) is 264 cm³/mol. The molecule has 21 nitrogen and oxygen atoms in total. The summed E-state index contributed by atoms with van der Waals surface area (Å²) in [5.41, 5.74) is -1.68. The van der Waals surface area contributed by atoms with Gasteiger partial charge in [0.15, 0.2) is 30.3 Å². The number of cyclic esters (lactones) is 1. The Labute approximate surface area is 433 Å². The van der Waals surface area contributed by atoms with E-state index in [0.29, 0.717) is 13.0 Å². The molecule has 4 fully saturated rings. The van der Waals surface area contributed by atoms with E-state index in [1.54, 1.807) is 48.5 Å². The first kappa shape index (κ1) is 62.4. The number of oxime groups is 1. The van der Waals surface area contributed by atoms with E-state index in [-0.39, 0.29) is 49.6 Å². The second kappa shape index (κ2) is 27.8. The van der Waals surface area contributed by atoms with Crippen LogP contribution in [-0.4, -0.2) is 191 Å². The summed E-state index contributed by atoms with van der Waals surface area (Å²) in [7, 11) is 7.41. The van der Waals surface area contributed by atoms with Gasteiger partial charge in [0.2, 0.25) is 0 Å². The van der Waals surface area contributed by atoms with Gasteiger partial charge in [-0.25, -0.2) is 4.79 Å². The molecule has 4 rings (SSSR count). The number of nitrogens with zero attached hydrogens (tertiary/aromatic N) is 2. The van der Waals surface area contributed by atoms with Crippen molar-refractivity contribution in [2.24, 2.45) is 46.6 Å². The zero-order chi connectivity index (χ0) is 54.8. The molecule has 0 aromatic carbocycles. The Balaban J connectivity index is 1.96. The molecular formula is C52H90N2O19. The summed E-state index contributed by atoms with van der Waals surface area (Å²) in [5, 5.41) is 26.6. The van der Waals surface area contributed by atoms with Crippen LogP contribution in [0, 0.1) is 41.4 Å². The van der Waals surface area contributed by atoms with E-state index in [0.717, 1.165) is 7.11 Å². The van der Waals surface area contributed by atoms with Crippen LogP contribution in [0.15, 0.2) is 5.16 Å². The number of hydrogen-bond donors (Lipinski definition) is 2. The highest BCUT2D eigenvalue weighted by Crippen LogP contribution is 2.40. The molecule has 4 heterocycles. The lowest BCUT2D eigenvalue weighted by Gasteiger charge is -2.45. The third-order valence-corrected chi connectivity index (χ3v) is 15.1. The van der Waals surface area contributed by atoms with E-state index in [9.17, 15) is 19.8 Å². The number of aliphatic hydroxyl groups excluding tert-OH is 2. The van der Waals surface area contributed by atoms with Gasteiger partial charge < -0.3 is 76.8 Å². The van der Waals surface area contributed by atoms with Crippen molar-refractivity contribution in [3.8, 4) is 0 Å². The third kappa shape index (κ3) is 16.0. The number of likely N-dealkylation sites (N-methyl/N-ethyl adjacent to an activating group) is 1. The molecule has 4 saturated heterocycles. The Hall–Kier alpha value is -3.09. The number of aliphatic hydroxyl groups is 2. The number of rotatable bonds is 15. The fraction of sp³-hybridized carbons (Fsp3) is 0.904. The highest BCUT2D eigenvalue weighted by molar-refractivity contribution is 5.91. The number of ether oxygens (including phenoxy) is 12. The highest BCUT2D eigenvalue weighted by atomic mass is 16.7. The average Bonchev–Trinajstić information content (AvgIpc) is 3.44. The Morgan fingerprint density at radius 3 is 2.07 bits per heavy atom. The number of methoxy groups -OCH3 is 3. The SMILES string of the molecule is CON=C1C[C@@H](C)O[C@@H](O[C@@H]2[C@@H](C)[C@H](O[C@H]3CC(C)N(C)C[C@H](C)O3)[C@@H](C)C(=O)O[C@H]([C@@H](C)CO[C@@H]3O[C@H](C)[C@@H](O)[C@@H](OC)[C@H]3OC)[C@H](C)[C@@H](OC(=O)CC(C)C)[C@@H](C)C(=O)[C@@](C)(OC(=O)OC)C[C@@H]2C)[C@@H]1O. The molecule has 0 bridgehead atoms. The lowest BCUT2D eigenvalue weighted by Crippen LogP contribution is -2.59. The van der Waals surface area contributed by atoms with Gasteiger partial charge in [0.05, 0.1) is 61.8 Å². The van der Waals surface area contributed by atoms with Crippen molar-refractivity contribution < 1.29 is 91.1 Å². The molecule has 0 aromatic heterocycles. The van der Waals surface area contributed by atoms with Gasteiger partial charge >= 0.3 is 18.1 Å². The lowest BCUT2D eigenvalue weighted by molar-refractivity contribution is -0.305. The van der Waals surface area contributed by atoms with Crippen molar-refractivity contribution in [3.05, 3.63) is 0 Å². The fourth-order valence-electron chi connectivity index (χ4n) is 11.0. The fourth-order valence-corrected chi connectivity index (χ4v) is 11.0. The standard InChI is InChI=1S/C52H90N2O19/c1-25(2)19-37(55)69-43-32(9)42(27(4)24-65-50-46(62-16)45(61-15)39(56)35(12)68-50)71-48(59)34(11)44(70-38-20-28(5)54(14)23-30(7)66-38)31(8)41(72-49-40(57)36(53-64-18)21-29(6)67-49)26(3)22-52(13,47(58)33(43)10)73-51(60)63-17/h25-35,38-46,49-50,56-57H,19-24H2,1-18H3/t26-,27-,28?,29+,30-,31+,32-,33+,34+,35+,38-,39+,40+,41-,42+,43+,44-,45+,46+,49-,50+,52-/m0/s1. The third-order valence-electron chi connectivity index (χ3n) is 15.1. The van der Waals surface area contributed by atoms with E-state index in [1.165, 1.54) is 28.3 Å². The maximum Gasteiger partial charge on any atom is 0.508 e. The molecule has 21 heteroatoms. The molecule has 0 amide bonds. The molecule has 422 valence electrons. The van der Waals surface area contributed by atoms with Crippen LogP contribution in [0.25, 0.3) is 0 Å².